The zero-order chi connectivity index (χ0) is 10.4. The van der Waals surface area contributed by atoms with Gasteiger partial charge in [-0.25, -0.2) is 4.79 Å². The van der Waals surface area contributed by atoms with Crippen LogP contribution in [0.5, 0.6) is 0 Å². The van der Waals surface area contributed by atoms with Gasteiger partial charge in [-0.2, -0.15) is 5.10 Å². The van der Waals surface area contributed by atoms with Crippen LogP contribution in [0.3, 0.4) is 0 Å². The maximum Gasteiger partial charge on any atom is 0.355 e. The molecule has 0 spiro atoms. The van der Waals surface area contributed by atoms with Gasteiger partial charge in [0.05, 0.1) is 11.8 Å². The van der Waals surface area contributed by atoms with Crippen molar-refractivity contribution in [3.8, 4) is 11.8 Å². The molecule has 3 N–H and O–H groups in total. The highest BCUT2D eigenvalue weighted by Crippen LogP contribution is 2.01. The molecule has 0 unspecified atom stereocenters. The normalized spacial score (nSPS) is 9.21. The average Bonchev–Trinajstić information content (AvgIpc) is 2.60. The maximum absolute atomic E-state index is 10.6. The van der Waals surface area contributed by atoms with E-state index in [1.165, 1.54) is 6.20 Å². The number of hydrogen-bond acceptors (Lipinski definition) is 3. The number of carbonyl (C=O) groups is 1. The minimum absolute atomic E-state index is 0.0435. The summed E-state index contributed by atoms with van der Waals surface area (Å²) in [6.07, 6.45) is 2.09. The number of carboxylic acid groups (broad SMARTS) is 1. The van der Waals surface area contributed by atoms with Gasteiger partial charge in [0.1, 0.15) is 0 Å². The zero-order valence-electron chi connectivity index (χ0n) is 7.79. The van der Waals surface area contributed by atoms with E-state index in [0.717, 1.165) is 6.54 Å². The van der Waals surface area contributed by atoms with Gasteiger partial charge in [0.15, 0.2) is 5.69 Å². The molecule has 14 heavy (non-hydrogen) atoms. The number of hydrogen-bond donors (Lipinski definition) is 3. The third-order valence-corrected chi connectivity index (χ3v) is 1.58. The van der Waals surface area contributed by atoms with Gasteiger partial charge in [-0.1, -0.05) is 11.8 Å². The Hall–Kier alpha value is -1.80. The van der Waals surface area contributed by atoms with Crippen molar-refractivity contribution in [1.29, 1.82) is 0 Å². The molecule has 1 rings (SSSR count). The monoisotopic (exact) mass is 193 g/mol. The van der Waals surface area contributed by atoms with Crippen LogP contribution in [0.4, 0.5) is 0 Å². The fraction of sp³-hybridized carbons (Fsp3) is 0.333. The summed E-state index contributed by atoms with van der Waals surface area (Å²) in [6.45, 7) is 0.785. The van der Waals surface area contributed by atoms with E-state index in [-0.39, 0.29) is 5.69 Å². The van der Waals surface area contributed by atoms with Gasteiger partial charge in [-0.3, -0.25) is 5.10 Å². The molecule has 1 aromatic rings. The van der Waals surface area contributed by atoms with Crippen molar-refractivity contribution in [3.63, 3.8) is 0 Å². The van der Waals surface area contributed by atoms with Gasteiger partial charge < -0.3 is 10.4 Å². The van der Waals surface area contributed by atoms with Crippen LogP contribution in [0.15, 0.2) is 6.20 Å². The Morgan fingerprint density at radius 3 is 3.21 bits per heavy atom. The smallest absolute Gasteiger partial charge is 0.355 e. The first-order chi connectivity index (χ1) is 6.75. The van der Waals surface area contributed by atoms with Gasteiger partial charge in [-0.15, -0.1) is 0 Å². The standard InChI is InChI=1S/C9H11N3O2/c1-10-5-3-2-4-7-6-11-12-8(7)9(13)14/h6,10H,3,5H2,1H3,(H,11,12)(H,13,14). The third kappa shape index (κ3) is 2.61. The predicted octanol–water partition coefficient (Wildman–Crippen LogP) is 0.0689. The second-order valence-corrected chi connectivity index (χ2v) is 2.62. The molecule has 0 bridgehead atoms. The summed E-state index contributed by atoms with van der Waals surface area (Å²) in [5, 5.41) is 17.6. The molecular weight excluding hydrogens is 182 g/mol. The number of aromatic carboxylic acids is 1. The first-order valence-electron chi connectivity index (χ1n) is 4.16. The number of nitrogens with zero attached hydrogens (tertiary/aromatic N) is 1. The molecule has 74 valence electrons. The summed E-state index contributed by atoms with van der Waals surface area (Å²) in [4.78, 5) is 10.6. The van der Waals surface area contributed by atoms with E-state index in [9.17, 15) is 4.79 Å². The second-order valence-electron chi connectivity index (χ2n) is 2.62. The van der Waals surface area contributed by atoms with E-state index >= 15 is 0 Å². The van der Waals surface area contributed by atoms with Crippen LogP contribution in [0.25, 0.3) is 0 Å². The van der Waals surface area contributed by atoms with Crippen molar-refractivity contribution >= 4 is 5.97 Å². The summed E-state index contributed by atoms with van der Waals surface area (Å²) in [6, 6.07) is 0. The first kappa shape index (κ1) is 10.3. The van der Waals surface area contributed by atoms with E-state index < -0.39 is 5.97 Å². The van der Waals surface area contributed by atoms with Crippen molar-refractivity contribution in [3.05, 3.63) is 17.5 Å². The van der Waals surface area contributed by atoms with Gasteiger partial charge in [-0.05, 0) is 7.05 Å². The Morgan fingerprint density at radius 2 is 2.57 bits per heavy atom. The van der Waals surface area contributed by atoms with E-state index in [2.05, 4.69) is 27.4 Å². The molecule has 0 saturated carbocycles. The molecule has 0 fully saturated rings. The molecule has 5 heteroatoms. The Balaban J connectivity index is 2.69. The predicted molar refractivity (Wildman–Crippen MR) is 51.0 cm³/mol. The van der Waals surface area contributed by atoms with E-state index in [1.807, 2.05) is 7.05 Å². The zero-order valence-corrected chi connectivity index (χ0v) is 7.79. The van der Waals surface area contributed by atoms with Gasteiger partial charge in [0.25, 0.3) is 0 Å². The van der Waals surface area contributed by atoms with Crippen molar-refractivity contribution < 1.29 is 9.90 Å². The molecule has 0 aromatic carbocycles. The van der Waals surface area contributed by atoms with Gasteiger partial charge in [0.2, 0.25) is 0 Å². The molecular formula is C9H11N3O2. The van der Waals surface area contributed by atoms with Crippen LogP contribution in [0.2, 0.25) is 0 Å². The van der Waals surface area contributed by atoms with Crippen molar-refractivity contribution in [2.75, 3.05) is 13.6 Å². The number of aromatic amines is 1. The SMILES string of the molecule is CNCCC#Cc1cn[nH]c1C(=O)O. The molecule has 0 saturated heterocycles. The Morgan fingerprint density at radius 1 is 1.79 bits per heavy atom. The number of aromatic nitrogens is 2. The summed E-state index contributed by atoms with van der Waals surface area (Å²) >= 11 is 0. The van der Waals surface area contributed by atoms with E-state index in [1.54, 1.807) is 0 Å². The molecule has 5 nitrogen and oxygen atoms in total. The Labute approximate surface area is 81.5 Å². The number of carboxylic acids is 1. The van der Waals surface area contributed by atoms with Gasteiger partial charge >= 0.3 is 5.97 Å². The number of H-pyrrole nitrogens is 1. The number of rotatable bonds is 3. The van der Waals surface area contributed by atoms with Crippen LogP contribution in [0, 0.1) is 11.8 Å². The van der Waals surface area contributed by atoms with Crippen LogP contribution in [0.1, 0.15) is 22.5 Å². The maximum atomic E-state index is 10.6. The minimum atomic E-state index is -1.04. The topological polar surface area (TPSA) is 78.0 Å². The molecule has 0 aliphatic rings. The van der Waals surface area contributed by atoms with Crippen molar-refractivity contribution in [1.82, 2.24) is 15.5 Å². The minimum Gasteiger partial charge on any atom is -0.476 e. The first-order valence-corrected chi connectivity index (χ1v) is 4.16. The molecule has 0 aliphatic carbocycles. The molecule has 0 radical (unpaired) electrons. The quantitative estimate of drug-likeness (QED) is 0.469. The number of nitrogens with one attached hydrogen (secondary N) is 2. The summed E-state index contributed by atoms with van der Waals surface area (Å²) < 4.78 is 0. The lowest BCUT2D eigenvalue weighted by atomic mass is 10.2. The van der Waals surface area contributed by atoms with Gasteiger partial charge in [0, 0.05) is 13.0 Å². The fourth-order valence-electron chi connectivity index (χ4n) is 0.889. The Kier molecular flexibility index (Phi) is 3.70. The lowest BCUT2D eigenvalue weighted by Crippen LogP contribution is -2.06. The summed E-state index contributed by atoms with van der Waals surface area (Å²) in [5.41, 5.74) is 0.468. The molecule has 1 heterocycles. The second kappa shape index (κ2) is 5.04. The highest BCUT2D eigenvalue weighted by atomic mass is 16.4. The third-order valence-electron chi connectivity index (χ3n) is 1.58. The molecule has 0 atom stereocenters. The highest BCUT2D eigenvalue weighted by molar-refractivity contribution is 5.88. The summed E-state index contributed by atoms with van der Waals surface area (Å²) in [7, 11) is 1.84. The average molecular weight is 193 g/mol. The van der Waals surface area contributed by atoms with Crippen LogP contribution >= 0.6 is 0 Å². The molecule has 0 amide bonds. The van der Waals surface area contributed by atoms with Crippen LogP contribution in [-0.2, 0) is 0 Å². The fourth-order valence-corrected chi connectivity index (χ4v) is 0.889. The lowest BCUT2D eigenvalue weighted by Gasteiger charge is -1.89. The Bertz CT molecular complexity index is 373. The van der Waals surface area contributed by atoms with Crippen molar-refractivity contribution in [2.24, 2.45) is 0 Å². The largest absolute Gasteiger partial charge is 0.476 e. The summed E-state index contributed by atoms with van der Waals surface area (Å²) in [5.74, 6) is 4.55. The molecule has 0 aliphatic heterocycles. The van der Waals surface area contributed by atoms with E-state index in [4.69, 9.17) is 5.11 Å². The van der Waals surface area contributed by atoms with E-state index in [0.29, 0.717) is 12.0 Å². The van der Waals surface area contributed by atoms with Crippen LogP contribution in [-0.4, -0.2) is 34.9 Å². The highest BCUT2D eigenvalue weighted by Gasteiger charge is 2.09. The molecule has 1 aromatic heterocycles. The lowest BCUT2D eigenvalue weighted by molar-refractivity contribution is 0.0690. The van der Waals surface area contributed by atoms with Crippen LogP contribution < -0.4 is 5.32 Å². The van der Waals surface area contributed by atoms with Crippen molar-refractivity contribution in [2.45, 2.75) is 6.42 Å².